The van der Waals surface area contributed by atoms with Crippen LogP contribution in [0.4, 0.5) is 5.82 Å². The molecule has 0 atom stereocenters. The van der Waals surface area contributed by atoms with E-state index in [-0.39, 0.29) is 5.56 Å². The van der Waals surface area contributed by atoms with Crippen molar-refractivity contribution in [3.05, 3.63) is 30.1 Å². The molecule has 0 saturated carbocycles. The first-order valence-electron chi connectivity index (χ1n) is 7.45. The van der Waals surface area contributed by atoms with Crippen LogP contribution in [-0.4, -0.2) is 59.2 Å². The van der Waals surface area contributed by atoms with Crippen LogP contribution in [-0.2, 0) is 0 Å². The second kappa shape index (κ2) is 5.88. The highest BCUT2D eigenvalue weighted by molar-refractivity contribution is 5.96. The maximum atomic E-state index is 11.1. The molecule has 22 heavy (non-hydrogen) atoms. The number of hydrogen-bond donors (Lipinski definition) is 1. The zero-order valence-electron chi connectivity index (χ0n) is 12.9. The summed E-state index contributed by atoms with van der Waals surface area (Å²) in [7, 11) is 4.20. The zero-order valence-corrected chi connectivity index (χ0v) is 12.9. The van der Waals surface area contributed by atoms with Gasteiger partial charge in [0.2, 0.25) is 0 Å². The van der Waals surface area contributed by atoms with Gasteiger partial charge in [0.25, 0.3) is 0 Å². The minimum atomic E-state index is -0.939. The van der Waals surface area contributed by atoms with Crippen LogP contribution in [0.1, 0.15) is 23.2 Å². The third kappa shape index (κ3) is 2.74. The summed E-state index contributed by atoms with van der Waals surface area (Å²) in [5.74, 6) is -0.0674. The second-order valence-electron chi connectivity index (χ2n) is 5.88. The summed E-state index contributed by atoms with van der Waals surface area (Å²) in [5.41, 5.74) is 0.920. The van der Waals surface area contributed by atoms with Crippen LogP contribution in [0.2, 0.25) is 0 Å². The number of nitrogens with zero attached hydrogens (tertiary/aromatic N) is 4. The molecule has 2 heterocycles. The molecule has 0 bridgehead atoms. The number of aromatic nitrogens is 2. The smallest absolute Gasteiger partial charge is 0.335 e. The number of benzene rings is 1. The Balaban J connectivity index is 1.94. The lowest BCUT2D eigenvalue weighted by molar-refractivity contribution is 0.0697. The number of fused-ring (bicyclic) bond motifs is 1. The molecule has 3 rings (SSSR count). The molecule has 0 aliphatic carbocycles. The van der Waals surface area contributed by atoms with Crippen molar-refractivity contribution in [1.29, 1.82) is 0 Å². The van der Waals surface area contributed by atoms with E-state index in [0.29, 0.717) is 11.6 Å². The van der Waals surface area contributed by atoms with E-state index in [1.165, 1.54) is 6.33 Å². The van der Waals surface area contributed by atoms with Gasteiger partial charge in [0.1, 0.15) is 12.1 Å². The molecule has 116 valence electrons. The molecular formula is C16H20N4O2. The molecule has 6 nitrogen and oxygen atoms in total. The number of hydrogen-bond acceptors (Lipinski definition) is 5. The van der Waals surface area contributed by atoms with Crippen LogP contribution in [0.25, 0.3) is 10.9 Å². The van der Waals surface area contributed by atoms with Crippen molar-refractivity contribution in [2.24, 2.45) is 0 Å². The van der Waals surface area contributed by atoms with Crippen molar-refractivity contribution in [2.75, 3.05) is 32.1 Å². The largest absolute Gasteiger partial charge is 0.478 e. The van der Waals surface area contributed by atoms with Crippen molar-refractivity contribution in [3.8, 4) is 0 Å². The average molecular weight is 300 g/mol. The van der Waals surface area contributed by atoms with Crippen molar-refractivity contribution < 1.29 is 9.90 Å². The maximum Gasteiger partial charge on any atom is 0.335 e. The van der Waals surface area contributed by atoms with E-state index in [4.69, 9.17) is 5.11 Å². The summed E-state index contributed by atoms with van der Waals surface area (Å²) in [5, 5.41) is 9.99. The van der Waals surface area contributed by atoms with E-state index in [1.54, 1.807) is 18.2 Å². The van der Waals surface area contributed by atoms with Crippen molar-refractivity contribution in [3.63, 3.8) is 0 Å². The number of carboxylic acid groups (broad SMARTS) is 1. The first kappa shape index (κ1) is 14.7. The number of aromatic carboxylic acids is 1. The highest BCUT2D eigenvalue weighted by atomic mass is 16.4. The quantitative estimate of drug-likeness (QED) is 0.933. The summed E-state index contributed by atoms with van der Waals surface area (Å²) < 4.78 is 0. The minimum Gasteiger partial charge on any atom is -0.478 e. The highest BCUT2D eigenvalue weighted by Gasteiger charge is 2.23. The third-order valence-corrected chi connectivity index (χ3v) is 4.43. The Kier molecular flexibility index (Phi) is 3.94. The molecule has 1 aromatic carbocycles. The predicted octanol–water partition coefficient (Wildman–Crippen LogP) is 1.86. The lowest BCUT2D eigenvalue weighted by atomic mass is 10.0. The average Bonchev–Trinajstić information content (AvgIpc) is 2.53. The fourth-order valence-corrected chi connectivity index (χ4v) is 3.01. The first-order valence-corrected chi connectivity index (χ1v) is 7.45. The SMILES string of the molecule is CN1CCC(N(C)c2ncnc3cc(C(=O)O)ccc23)CC1. The molecule has 1 fully saturated rings. The van der Waals surface area contributed by atoms with Gasteiger partial charge in [-0.05, 0) is 51.2 Å². The fourth-order valence-electron chi connectivity index (χ4n) is 3.01. The summed E-state index contributed by atoms with van der Waals surface area (Å²) in [4.78, 5) is 24.3. The first-order chi connectivity index (χ1) is 10.6. The Hall–Kier alpha value is -2.21. The van der Waals surface area contributed by atoms with Crippen LogP contribution >= 0.6 is 0 Å². The van der Waals surface area contributed by atoms with Gasteiger partial charge in [-0.1, -0.05) is 0 Å². The summed E-state index contributed by atoms with van der Waals surface area (Å²) in [6, 6.07) is 5.47. The van der Waals surface area contributed by atoms with Gasteiger partial charge in [-0.15, -0.1) is 0 Å². The molecule has 0 spiro atoms. The second-order valence-corrected chi connectivity index (χ2v) is 5.88. The van der Waals surface area contributed by atoms with Crippen molar-refractivity contribution in [1.82, 2.24) is 14.9 Å². The number of anilines is 1. The Morgan fingerprint density at radius 3 is 2.73 bits per heavy atom. The fraction of sp³-hybridized carbons (Fsp3) is 0.438. The Bertz CT molecular complexity index is 696. The summed E-state index contributed by atoms with van der Waals surface area (Å²) in [6.07, 6.45) is 3.71. The monoisotopic (exact) mass is 300 g/mol. The summed E-state index contributed by atoms with van der Waals surface area (Å²) in [6.45, 7) is 2.17. The third-order valence-electron chi connectivity index (χ3n) is 4.43. The van der Waals surface area contributed by atoms with E-state index in [2.05, 4.69) is 33.9 Å². The molecule has 2 aromatic rings. The molecule has 1 aliphatic heterocycles. The van der Waals surface area contributed by atoms with Crippen LogP contribution < -0.4 is 4.90 Å². The van der Waals surface area contributed by atoms with E-state index in [1.807, 2.05) is 0 Å². The van der Waals surface area contributed by atoms with Crippen molar-refractivity contribution in [2.45, 2.75) is 18.9 Å². The van der Waals surface area contributed by atoms with E-state index < -0.39 is 5.97 Å². The van der Waals surface area contributed by atoms with Gasteiger partial charge in [-0.2, -0.15) is 0 Å². The van der Waals surface area contributed by atoms with Gasteiger partial charge >= 0.3 is 5.97 Å². The maximum absolute atomic E-state index is 11.1. The zero-order chi connectivity index (χ0) is 15.7. The van der Waals surface area contributed by atoms with E-state index >= 15 is 0 Å². The van der Waals surface area contributed by atoms with Gasteiger partial charge in [0.05, 0.1) is 11.1 Å². The van der Waals surface area contributed by atoms with Gasteiger partial charge in [0, 0.05) is 18.5 Å². The Labute approximate surface area is 129 Å². The molecule has 0 radical (unpaired) electrons. The van der Waals surface area contributed by atoms with Crippen molar-refractivity contribution >= 4 is 22.7 Å². The molecule has 1 saturated heterocycles. The lowest BCUT2D eigenvalue weighted by Crippen LogP contribution is -2.42. The molecule has 1 N–H and O–H groups in total. The Morgan fingerprint density at radius 1 is 1.32 bits per heavy atom. The van der Waals surface area contributed by atoms with E-state index in [9.17, 15) is 4.79 Å². The van der Waals surface area contributed by atoms with E-state index in [0.717, 1.165) is 37.1 Å². The van der Waals surface area contributed by atoms with Gasteiger partial charge < -0.3 is 14.9 Å². The molecule has 1 aromatic heterocycles. The predicted molar refractivity (Wildman–Crippen MR) is 85.4 cm³/mol. The molecular weight excluding hydrogens is 280 g/mol. The number of carbonyl (C=O) groups is 1. The normalized spacial score (nSPS) is 16.8. The van der Waals surface area contributed by atoms with Gasteiger partial charge in [-0.3, -0.25) is 0 Å². The topological polar surface area (TPSA) is 69.6 Å². The number of likely N-dealkylation sites (tertiary alicyclic amines) is 1. The number of carboxylic acids is 1. The highest BCUT2D eigenvalue weighted by Crippen LogP contribution is 2.27. The standard InChI is InChI=1S/C16H20N4O2/c1-19-7-5-12(6-8-19)20(2)15-13-4-3-11(16(21)22)9-14(13)17-10-18-15/h3-4,9-10,12H,5-8H2,1-2H3,(H,21,22). The minimum absolute atomic E-state index is 0.249. The molecule has 6 heteroatoms. The van der Waals surface area contributed by atoms with Gasteiger partial charge in [0.15, 0.2) is 0 Å². The lowest BCUT2D eigenvalue weighted by Gasteiger charge is -2.36. The molecule has 1 aliphatic rings. The van der Waals surface area contributed by atoms with Gasteiger partial charge in [-0.25, -0.2) is 14.8 Å². The van der Waals surface area contributed by atoms with Crippen LogP contribution in [0, 0.1) is 0 Å². The molecule has 0 unspecified atom stereocenters. The number of rotatable bonds is 3. The van der Waals surface area contributed by atoms with Crippen LogP contribution in [0.5, 0.6) is 0 Å². The Morgan fingerprint density at radius 2 is 2.05 bits per heavy atom. The van der Waals surface area contributed by atoms with Crippen LogP contribution in [0.3, 0.4) is 0 Å². The van der Waals surface area contributed by atoms with Crippen LogP contribution in [0.15, 0.2) is 24.5 Å². The summed E-state index contributed by atoms with van der Waals surface area (Å²) >= 11 is 0. The number of piperidine rings is 1. The molecule has 0 amide bonds.